The lowest BCUT2D eigenvalue weighted by atomic mass is 9.49. The standard InChI is InChI=1S/C17H26O3/c1-11-9-14(20-12(2)19)15-16(3,4)7-6-8-17(15,5)13(11)10-18/h10,14-15H,6-9H2,1-5H3/t14-,15?,17+/m0/s1. The molecule has 1 saturated carbocycles. The van der Waals surface area contributed by atoms with Crippen LogP contribution in [0.2, 0.25) is 0 Å². The monoisotopic (exact) mass is 278 g/mol. The van der Waals surface area contributed by atoms with Crippen LogP contribution < -0.4 is 0 Å². The van der Waals surface area contributed by atoms with E-state index in [9.17, 15) is 9.59 Å². The van der Waals surface area contributed by atoms with Crippen LogP contribution in [0, 0.1) is 16.7 Å². The van der Waals surface area contributed by atoms with E-state index in [-0.39, 0.29) is 28.8 Å². The lowest BCUT2D eigenvalue weighted by molar-refractivity contribution is -0.160. The highest BCUT2D eigenvalue weighted by Gasteiger charge is 2.55. The lowest BCUT2D eigenvalue weighted by Crippen LogP contribution is -2.53. The Balaban J connectivity index is 2.52. The third-order valence-corrected chi connectivity index (χ3v) is 5.43. The van der Waals surface area contributed by atoms with E-state index in [1.807, 2.05) is 6.92 Å². The molecule has 0 bridgehead atoms. The molecule has 0 saturated heterocycles. The molecule has 3 heteroatoms. The second-order valence-corrected chi connectivity index (χ2v) is 7.40. The summed E-state index contributed by atoms with van der Waals surface area (Å²) < 4.78 is 5.64. The van der Waals surface area contributed by atoms with E-state index in [1.165, 1.54) is 6.92 Å². The number of fused-ring (bicyclic) bond motifs is 1. The summed E-state index contributed by atoms with van der Waals surface area (Å²) in [6.07, 6.45) is 4.87. The molecular formula is C17H26O3. The van der Waals surface area contributed by atoms with Gasteiger partial charge in [-0.05, 0) is 30.8 Å². The Morgan fingerprint density at radius 2 is 1.95 bits per heavy atom. The van der Waals surface area contributed by atoms with E-state index in [0.717, 1.165) is 36.7 Å². The number of rotatable bonds is 2. The summed E-state index contributed by atoms with van der Waals surface area (Å²) >= 11 is 0. The summed E-state index contributed by atoms with van der Waals surface area (Å²) in [5.41, 5.74) is 1.95. The van der Waals surface area contributed by atoms with Gasteiger partial charge in [0.1, 0.15) is 12.4 Å². The van der Waals surface area contributed by atoms with Crippen LogP contribution in [-0.2, 0) is 14.3 Å². The zero-order valence-corrected chi connectivity index (χ0v) is 13.3. The molecule has 2 rings (SSSR count). The first-order chi connectivity index (χ1) is 9.22. The average molecular weight is 278 g/mol. The van der Waals surface area contributed by atoms with Crippen molar-refractivity contribution in [3.63, 3.8) is 0 Å². The average Bonchev–Trinajstić information content (AvgIpc) is 2.25. The molecule has 1 fully saturated rings. The molecule has 112 valence electrons. The molecule has 0 N–H and O–H groups in total. The quantitative estimate of drug-likeness (QED) is 0.572. The highest BCUT2D eigenvalue weighted by molar-refractivity contribution is 5.77. The smallest absolute Gasteiger partial charge is 0.302 e. The van der Waals surface area contributed by atoms with Crippen molar-refractivity contribution in [3.05, 3.63) is 11.1 Å². The summed E-state index contributed by atoms with van der Waals surface area (Å²) in [4.78, 5) is 23.1. The highest BCUT2D eigenvalue weighted by atomic mass is 16.5. The molecule has 0 spiro atoms. The Labute approximate surface area is 121 Å². The number of ether oxygens (including phenoxy) is 1. The van der Waals surface area contributed by atoms with Crippen molar-refractivity contribution < 1.29 is 14.3 Å². The summed E-state index contributed by atoms with van der Waals surface area (Å²) in [6, 6.07) is 0. The van der Waals surface area contributed by atoms with Crippen molar-refractivity contribution in [3.8, 4) is 0 Å². The van der Waals surface area contributed by atoms with Gasteiger partial charge >= 0.3 is 5.97 Å². The van der Waals surface area contributed by atoms with Gasteiger partial charge in [-0.3, -0.25) is 9.59 Å². The van der Waals surface area contributed by atoms with E-state index in [4.69, 9.17) is 4.74 Å². The lowest BCUT2D eigenvalue weighted by Gasteiger charge is -2.56. The van der Waals surface area contributed by atoms with Crippen LogP contribution in [0.25, 0.3) is 0 Å². The van der Waals surface area contributed by atoms with Gasteiger partial charge in [0.2, 0.25) is 0 Å². The number of hydrogen-bond acceptors (Lipinski definition) is 3. The maximum atomic E-state index is 11.6. The fraction of sp³-hybridized carbons (Fsp3) is 0.765. The van der Waals surface area contributed by atoms with Gasteiger partial charge < -0.3 is 4.74 Å². The van der Waals surface area contributed by atoms with Crippen LogP contribution in [0.4, 0.5) is 0 Å². The number of hydrogen-bond donors (Lipinski definition) is 0. The van der Waals surface area contributed by atoms with Crippen molar-refractivity contribution in [2.24, 2.45) is 16.7 Å². The van der Waals surface area contributed by atoms with Crippen LogP contribution in [-0.4, -0.2) is 18.4 Å². The predicted molar refractivity (Wildman–Crippen MR) is 78.2 cm³/mol. The minimum atomic E-state index is -0.221. The molecule has 3 atom stereocenters. The summed E-state index contributed by atoms with van der Waals surface area (Å²) in [7, 11) is 0. The van der Waals surface area contributed by atoms with Crippen LogP contribution >= 0.6 is 0 Å². The number of carbonyl (C=O) groups excluding carboxylic acids is 2. The zero-order valence-electron chi connectivity index (χ0n) is 13.3. The SMILES string of the molecule is CC(=O)O[C@H]1CC(C)=C(C=O)[C@@]2(C)CCCC(C)(C)C12. The molecule has 3 nitrogen and oxygen atoms in total. The number of carbonyl (C=O) groups is 2. The van der Waals surface area contributed by atoms with E-state index >= 15 is 0 Å². The van der Waals surface area contributed by atoms with Gasteiger partial charge in [-0.1, -0.05) is 32.8 Å². The molecule has 0 radical (unpaired) electrons. The van der Waals surface area contributed by atoms with Gasteiger partial charge in [-0.15, -0.1) is 0 Å². The largest absolute Gasteiger partial charge is 0.462 e. The molecule has 20 heavy (non-hydrogen) atoms. The Morgan fingerprint density at radius 1 is 1.30 bits per heavy atom. The number of aldehydes is 1. The first-order valence-corrected chi connectivity index (χ1v) is 7.55. The Morgan fingerprint density at radius 3 is 2.50 bits per heavy atom. The fourth-order valence-corrected chi connectivity index (χ4v) is 4.88. The second-order valence-electron chi connectivity index (χ2n) is 7.40. The van der Waals surface area contributed by atoms with E-state index < -0.39 is 0 Å². The molecule has 0 aromatic heterocycles. The van der Waals surface area contributed by atoms with Gasteiger partial charge in [-0.25, -0.2) is 0 Å². The summed E-state index contributed by atoms with van der Waals surface area (Å²) in [6.45, 7) is 10.1. The van der Waals surface area contributed by atoms with E-state index in [2.05, 4.69) is 20.8 Å². The summed E-state index contributed by atoms with van der Waals surface area (Å²) in [5.74, 6) is -0.00220. The zero-order chi connectivity index (χ0) is 15.1. The Kier molecular flexibility index (Phi) is 3.83. The van der Waals surface area contributed by atoms with Crippen LogP contribution in [0.15, 0.2) is 11.1 Å². The van der Waals surface area contributed by atoms with Crippen molar-refractivity contribution in [1.82, 2.24) is 0 Å². The third kappa shape index (κ3) is 2.32. The summed E-state index contributed by atoms with van der Waals surface area (Å²) in [5, 5.41) is 0. The molecule has 2 aliphatic carbocycles. The van der Waals surface area contributed by atoms with E-state index in [1.54, 1.807) is 0 Å². The topological polar surface area (TPSA) is 43.4 Å². The van der Waals surface area contributed by atoms with Crippen LogP contribution in [0.5, 0.6) is 0 Å². The predicted octanol–water partition coefficient (Wildman–Crippen LogP) is 3.67. The third-order valence-electron chi connectivity index (χ3n) is 5.43. The van der Waals surface area contributed by atoms with Gasteiger partial charge in [-0.2, -0.15) is 0 Å². The molecule has 0 aliphatic heterocycles. The molecule has 1 unspecified atom stereocenters. The van der Waals surface area contributed by atoms with Gasteiger partial charge in [0.25, 0.3) is 0 Å². The molecular weight excluding hydrogens is 252 g/mol. The second kappa shape index (κ2) is 5.01. The highest BCUT2D eigenvalue weighted by Crippen LogP contribution is 2.59. The normalized spacial score (nSPS) is 36.2. The molecule has 0 amide bonds. The minimum Gasteiger partial charge on any atom is -0.462 e. The van der Waals surface area contributed by atoms with Gasteiger partial charge in [0.05, 0.1) is 0 Å². The molecule has 0 heterocycles. The number of esters is 1. The van der Waals surface area contributed by atoms with E-state index in [0.29, 0.717) is 6.42 Å². The fourth-order valence-electron chi connectivity index (χ4n) is 4.88. The van der Waals surface area contributed by atoms with Gasteiger partial charge in [0.15, 0.2) is 0 Å². The van der Waals surface area contributed by atoms with Crippen LogP contribution in [0.1, 0.15) is 60.3 Å². The molecule has 0 aromatic carbocycles. The maximum absolute atomic E-state index is 11.6. The number of allylic oxidation sites excluding steroid dienone is 1. The Hall–Kier alpha value is -1.12. The van der Waals surface area contributed by atoms with Crippen molar-refractivity contribution >= 4 is 12.3 Å². The minimum absolute atomic E-state index is 0.0854. The van der Waals surface area contributed by atoms with Crippen molar-refractivity contribution in [2.75, 3.05) is 0 Å². The maximum Gasteiger partial charge on any atom is 0.302 e. The van der Waals surface area contributed by atoms with Crippen LogP contribution in [0.3, 0.4) is 0 Å². The first-order valence-electron chi connectivity index (χ1n) is 7.55. The molecule has 0 aromatic rings. The molecule has 2 aliphatic rings. The Bertz CT molecular complexity index is 461. The van der Waals surface area contributed by atoms with Gasteiger partial charge in [0, 0.05) is 24.7 Å². The van der Waals surface area contributed by atoms with Crippen molar-refractivity contribution in [2.45, 2.75) is 66.4 Å². The van der Waals surface area contributed by atoms with Crippen molar-refractivity contribution in [1.29, 1.82) is 0 Å². The first kappa shape index (κ1) is 15.3.